The van der Waals surface area contributed by atoms with Gasteiger partial charge in [-0.2, -0.15) is 5.10 Å². The predicted molar refractivity (Wildman–Crippen MR) is 126 cm³/mol. The molecule has 1 N–H and O–H groups in total. The van der Waals surface area contributed by atoms with Crippen LogP contribution in [-0.2, 0) is 0 Å². The van der Waals surface area contributed by atoms with Crippen molar-refractivity contribution in [2.45, 2.75) is 19.4 Å². The topological polar surface area (TPSA) is 42.2 Å². The Hall–Kier alpha value is -3.18. The van der Waals surface area contributed by atoms with Gasteiger partial charge in [-0.3, -0.25) is 0 Å². The standard InChI is InChI=1S/C25H21BrN4/c1-17-24-25(30(29-17)21-10-6-3-7-11-21)28-23(18-8-4-2-5-9-18)16-22(27-24)19-12-14-20(26)15-13-19/h2-15,23,28H,16H2,1H3. The highest BCUT2D eigenvalue weighted by Crippen LogP contribution is 2.39. The minimum absolute atomic E-state index is 0.0911. The Kier molecular flexibility index (Phi) is 4.97. The molecular weight excluding hydrogens is 436 g/mol. The Balaban J connectivity index is 1.68. The fraction of sp³-hybridized carbons (Fsp3) is 0.120. The van der Waals surface area contributed by atoms with Crippen LogP contribution >= 0.6 is 15.9 Å². The van der Waals surface area contributed by atoms with Crippen LogP contribution in [0.3, 0.4) is 0 Å². The highest BCUT2D eigenvalue weighted by molar-refractivity contribution is 9.10. The lowest BCUT2D eigenvalue weighted by Crippen LogP contribution is -2.16. The van der Waals surface area contributed by atoms with E-state index in [4.69, 9.17) is 10.1 Å². The Morgan fingerprint density at radius 1 is 0.900 bits per heavy atom. The number of nitrogens with one attached hydrogen (secondary N) is 1. The maximum atomic E-state index is 5.12. The number of hydrogen-bond donors (Lipinski definition) is 1. The fourth-order valence-electron chi connectivity index (χ4n) is 3.84. The van der Waals surface area contributed by atoms with Gasteiger partial charge in [0.15, 0.2) is 5.82 Å². The van der Waals surface area contributed by atoms with E-state index in [1.54, 1.807) is 0 Å². The number of aliphatic imine (C=N–C) groups is 1. The molecule has 4 nitrogen and oxygen atoms in total. The van der Waals surface area contributed by atoms with Gasteiger partial charge in [0.05, 0.1) is 23.1 Å². The van der Waals surface area contributed by atoms with Crippen LogP contribution in [0.4, 0.5) is 11.5 Å². The molecule has 5 rings (SSSR count). The first kappa shape index (κ1) is 18.8. The third-order valence-corrected chi connectivity index (χ3v) is 5.89. The molecule has 0 saturated heterocycles. The SMILES string of the molecule is Cc1nn(-c2ccccc2)c2c1N=C(c1ccc(Br)cc1)CC(c1ccccc1)N2. The zero-order chi connectivity index (χ0) is 20.5. The lowest BCUT2D eigenvalue weighted by Gasteiger charge is -2.20. The van der Waals surface area contributed by atoms with Crippen LogP contribution in [0.15, 0.2) is 94.4 Å². The van der Waals surface area contributed by atoms with Crippen molar-refractivity contribution >= 4 is 33.1 Å². The van der Waals surface area contributed by atoms with Crippen LogP contribution in [0.1, 0.15) is 29.3 Å². The van der Waals surface area contributed by atoms with Gasteiger partial charge >= 0.3 is 0 Å². The lowest BCUT2D eigenvalue weighted by atomic mass is 9.97. The molecule has 1 atom stereocenters. The number of anilines is 1. The molecule has 0 saturated carbocycles. The lowest BCUT2D eigenvalue weighted by molar-refractivity contribution is 0.789. The molecule has 0 radical (unpaired) electrons. The second-order valence-electron chi connectivity index (χ2n) is 7.41. The zero-order valence-corrected chi connectivity index (χ0v) is 18.2. The van der Waals surface area contributed by atoms with Crippen molar-refractivity contribution in [2.75, 3.05) is 5.32 Å². The van der Waals surface area contributed by atoms with E-state index in [-0.39, 0.29) is 6.04 Å². The fourth-order valence-corrected chi connectivity index (χ4v) is 4.10. The van der Waals surface area contributed by atoms with Crippen molar-refractivity contribution in [1.82, 2.24) is 9.78 Å². The van der Waals surface area contributed by atoms with Gasteiger partial charge in [0.25, 0.3) is 0 Å². The number of para-hydroxylation sites is 1. The number of nitrogens with zero attached hydrogens (tertiary/aromatic N) is 3. The Labute approximate surface area is 184 Å². The first-order valence-electron chi connectivity index (χ1n) is 9.99. The summed E-state index contributed by atoms with van der Waals surface area (Å²) in [5.74, 6) is 0.930. The number of aromatic nitrogens is 2. The van der Waals surface area contributed by atoms with Crippen LogP contribution in [0.2, 0.25) is 0 Å². The number of hydrogen-bond acceptors (Lipinski definition) is 3. The summed E-state index contributed by atoms with van der Waals surface area (Å²) in [7, 11) is 0. The van der Waals surface area contributed by atoms with E-state index in [9.17, 15) is 0 Å². The van der Waals surface area contributed by atoms with Gasteiger partial charge in [0.1, 0.15) is 5.69 Å². The summed E-state index contributed by atoms with van der Waals surface area (Å²) in [5.41, 5.74) is 6.23. The van der Waals surface area contributed by atoms with Crippen LogP contribution < -0.4 is 5.32 Å². The largest absolute Gasteiger partial charge is 0.361 e. The minimum atomic E-state index is 0.0911. The van der Waals surface area contributed by atoms with E-state index in [0.717, 1.165) is 45.1 Å². The average molecular weight is 457 g/mol. The highest BCUT2D eigenvalue weighted by Gasteiger charge is 2.26. The van der Waals surface area contributed by atoms with Crippen LogP contribution in [-0.4, -0.2) is 15.5 Å². The molecule has 0 amide bonds. The van der Waals surface area contributed by atoms with Crippen LogP contribution in [0, 0.1) is 6.92 Å². The summed E-state index contributed by atoms with van der Waals surface area (Å²) < 4.78 is 3.03. The predicted octanol–water partition coefficient (Wildman–Crippen LogP) is 6.62. The van der Waals surface area contributed by atoms with Gasteiger partial charge in [-0.05, 0) is 42.3 Å². The molecule has 30 heavy (non-hydrogen) atoms. The van der Waals surface area contributed by atoms with Crippen molar-refractivity contribution in [3.63, 3.8) is 0 Å². The van der Waals surface area contributed by atoms with E-state index in [1.807, 2.05) is 35.9 Å². The molecule has 3 aromatic carbocycles. The molecule has 4 aromatic rings. The second kappa shape index (κ2) is 7.92. The maximum absolute atomic E-state index is 5.12. The van der Waals surface area contributed by atoms with E-state index in [1.165, 1.54) is 5.56 Å². The molecule has 1 aromatic heterocycles. The van der Waals surface area contributed by atoms with Gasteiger partial charge in [-0.1, -0.05) is 76.6 Å². The van der Waals surface area contributed by atoms with Gasteiger partial charge in [0.2, 0.25) is 0 Å². The third-order valence-electron chi connectivity index (χ3n) is 5.36. The van der Waals surface area contributed by atoms with E-state index < -0.39 is 0 Å². The van der Waals surface area contributed by atoms with Crippen LogP contribution in [0.5, 0.6) is 0 Å². The van der Waals surface area contributed by atoms with E-state index in [0.29, 0.717) is 0 Å². The first-order valence-corrected chi connectivity index (χ1v) is 10.8. The second-order valence-corrected chi connectivity index (χ2v) is 8.32. The summed E-state index contributed by atoms with van der Waals surface area (Å²) >= 11 is 3.53. The molecule has 1 unspecified atom stereocenters. The number of rotatable bonds is 3. The molecule has 0 bridgehead atoms. The average Bonchev–Trinajstić information content (AvgIpc) is 2.97. The first-order chi connectivity index (χ1) is 14.7. The molecular formula is C25H21BrN4. The van der Waals surface area contributed by atoms with E-state index >= 15 is 0 Å². The quantitative estimate of drug-likeness (QED) is 0.376. The molecule has 0 spiro atoms. The number of halogens is 1. The van der Waals surface area contributed by atoms with Crippen molar-refractivity contribution in [3.8, 4) is 5.69 Å². The van der Waals surface area contributed by atoms with Gasteiger partial charge in [0, 0.05) is 10.9 Å². The Morgan fingerprint density at radius 2 is 1.57 bits per heavy atom. The van der Waals surface area contributed by atoms with Crippen molar-refractivity contribution in [3.05, 3.63) is 106 Å². The minimum Gasteiger partial charge on any atom is -0.361 e. The molecule has 2 heterocycles. The van der Waals surface area contributed by atoms with Crippen LogP contribution in [0.25, 0.3) is 5.69 Å². The number of aryl methyl sites for hydroxylation is 1. The molecule has 1 aliphatic heterocycles. The molecule has 1 aliphatic rings. The monoisotopic (exact) mass is 456 g/mol. The van der Waals surface area contributed by atoms with Crippen molar-refractivity contribution in [1.29, 1.82) is 0 Å². The smallest absolute Gasteiger partial charge is 0.156 e. The summed E-state index contributed by atoms with van der Waals surface area (Å²) in [5, 5.41) is 8.57. The van der Waals surface area contributed by atoms with E-state index in [2.05, 4.69) is 81.9 Å². The summed E-state index contributed by atoms with van der Waals surface area (Å²) in [4.78, 5) is 5.12. The molecule has 0 aliphatic carbocycles. The maximum Gasteiger partial charge on any atom is 0.156 e. The Morgan fingerprint density at radius 3 is 2.27 bits per heavy atom. The van der Waals surface area contributed by atoms with Gasteiger partial charge in [-0.15, -0.1) is 0 Å². The number of fused-ring (bicyclic) bond motifs is 1. The van der Waals surface area contributed by atoms with Gasteiger partial charge in [-0.25, -0.2) is 9.67 Å². The Bertz CT molecular complexity index is 1200. The summed E-state index contributed by atoms with van der Waals surface area (Å²) in [6.07, 6.45) is 0.786. The normalized spacial score (nSPS) is 15.7. The summed E-state index contributed by atoms with van der Waals surface area (Å²) in [6, 6.07) is 29.2. The van der Waals surface area contributed by atoms with Crippen molar-refractivity contribution < 1.29 is 0 Å². The molecule has 148 valence electrons. The number of benzene rings is 3. The molecule has 0 fully saturated rings. The summed E-state index contributed by atoms with van der Waals surface area (Å²) in [6.45, 7) is 2.02. The van der Waals surface area contributed by atoms with Gasteiger partial charge < -0.3 is 5.32 Å². The highest BCUT2D eigenvalue weighted by atomic mass is 79.9. The zero-order valence-electron chi connectivity index (χ0n) is 16.6. The molecule has 5 heteroatoms. The van der Waals surface area contributed by atoms with Crippen molar-refractivity contribution in [2.24, 2.45) is 4.99 Å². The third kappa shape index (κ3) is 3.57.